The van der Waals surface area contributed by atoms with Gasteiger partial charge in [0.25, 0.3) is 0 Å². The zero-order chi connectivity index (χ0) is 19.9. The van der Waals surface area contributed by atoms with Gasteiger partial charge < -0.3 is 25.0 Å². The van der Waals surface area contributed by atoms with Gasteiger partial charge in [0.15, 0.2) is 11.5 Å². The van der Waals surface area contributed by atoms with Gasteiger partial charge in [-0.3, -0.25) is 9.59 Å². The highest BCUT2D eigenvalue weighted by Crippen LogP contribution is 2.27. The lowest BCUT2D eigenvalue weighted by Crippen LogP contribution is -2.34. The van der Waals surface area contributed by atoms with Crippen LogP contribution in [0.3, 0.4) is 0 Å². The Hall–Kier alpha value is -3.22. The van der Waals surface area contributed by atoms with Gasteiger partial charge in [-0.2, -0.15) is 0 Å². The first-order valence-corrected chi connectivity index (χ1v) is 9.26. The first kappa shape index (κ1) is 19.5. The maximum absolute atomic E-state index is 12.1. The molecule has 0 spiro atoms. The molecular weight excluding hydrogens is 358 g/mol. The van der Waals surface area contributed by atoms with Gasteiger partial charge in [-0.25, -0.2) is 0 Å². The van der Waals surface area contributed by atoms with Gasteiger partial charge in [-0.05, 0) is 54.8 Å². The highest BCUT2D eigenvalue weighted by atomic mass is 16.5. The van der Waals surface area contributed by atoms with Crippen molar-refractivity contribution in [3.63, 3.8) is 0 Å². The molecular formula is C21H25N3O4. The fourth-order valence-corrected chi connectivity index (χ4v) is 3.17. The summed E-state index contributed by atoms with van der Waals surface area (Å²) >= 11 is 0. The first-order valence-electron chi connectivity index (χ1n) is 9.26. The fourth-order valence-electron chi connectivity index (χ4n) is 3.17. The van der Waals surface area contributed by atoms with Crippen LogP contribution in [0.5, 0.6) is 11.5 Å². The summed E-state index contributed by atoms with van der Waals surface area (Å²) in [7, 11) is 3.10. The smallest absolute Gasteiger partial charge is 0.313 e. The molecule has 1 aliphatic rings. The molecule has 2 amide bonds. The van der Waals surface area contributed by atoms with Crippen LogP contribution in [-0.4, -0.2) is 39.1 Å². The highest BCUT2D eigenvalue weighted by Gasteiger charge is 2.15. The van der Waals surface area contributed by atoms with Crippen molar-refractivity contribution in [1.82, 2.24) is 5.32 Å². The Kier molecular flexibility index (Phi) is 6.37. The maximum Gasteiger partial charge on any atom is 0.313 e. The van der Waals surface area contributed by atoms with Crippen molar-refractivity contribution in [3.8, 4) is 11.5 Å². The normalized spacial score (nSPS) is 13.1. The number of methoxy groups -OCH3 is 2. The molecule has 1 heterocycles. The quantitative estimate of drug-likeness (QED) is 0.750. The number of nitrogens with one attached hydrogen (secondary N) is 2. The minimum atomic E-state index is -0.700. The van der Waals surface area contributed by atoms with Crippen molar-refractivity contribution in [2.75, 3.05) is 37.5 Å². The van der Waals surface area contributed by atoms with E-state index in [1.165, 1.54) is 12.8 Å². The summed E-state index contributed by atoms with van der Waals surface area (Å²) in [5.41, 5.74) is 2.52. The van der Waals surface area contributed by atoms with Gasteiger partial charge >= 0.3 is 11.8 Å². The van der Waals surface area contributed by atoms with E-state index in [-0.39, 0.29) is 6.54 Å². The molecule has 28 heavy (non-hydrogen) atoms. The minimum absolute atomic E-state index is 0.209. The van der Waals surface area contributed by atoms with Crippen LogP contribution in [-0.2, 0) is 16.1 Å². The third kappa shape index (κ3) is 4.73. The molecule has 0 bridgehead atoms. The number of hydrogen-bond acceptors (Lipinski definition) is 5. The zero-order valence-electron chi connectivity index (χ0n) is 16.2. The Balaban J connectivity index is 1.52. The molecule has 0 aliphatic carbocycles. The molecule has 3 rings (SSSR count). The maximum atomic E-state index is 12.1. The van der Waals surface area contributed by atoms with Gasteiger partial charge in [0.1, 0.15) is 0 Å². The van der Waals surface area contributed by atoms with Gasteiger partial charge in [0, 0.05) is 31.0 Å². The third-order valence-corrected chi connectivity index (χ3v) is 4.70. The predicted octanol–water partition coefficient (Wildman–Crippen LogP) is 2.56. The van der Waals surface area contributed by atoms with Crippen LogP contribution in [0.4, 0.5) is 11.4 Å². The van der Waals surface area contributed by atoms with E-state index in [1.54, 1.807) is 32.4 Å². The summed E-state index contributed by atoms with van der Waals surface area (Å²) < 4.78 is 10.4. The highest BCUT2D eigenvalue weighted by molar-refractivity contribution is 6.39. The number of anilines is 2. The summed E-state index contributed by atoms with van der Waals surface area (Å²) in [6.45, 7) is 2.33. The van der Waals surface area contributed by atoms with Gasteiger partial charge in [0.05, 0.1) is 14.2 Å². The topological polar surface area (TPSA) is 79.9 Å². The van der Waals surface area contributed by atoms with Crippen LogP contribution in [0.1, 0.15) is 18.4 Å². The lowest BCUT2D eigenvalue weighted by Gasteiger charge is -2.17. The van der Waals surface area contributed by atoms with Gasteiger partial charge in [-0.15, -0.1) is 0 Å². The molecule has 148 valence electrons. The Morgan fingerprint density at radius 1 is 0.929 bits per heavy atom. The van der Waals surface area contributed by atoms with Crippen molar-refractivity contribution in [2.24, 2.45) is 0 Å². The van der Waals surface area contributed by atoms with Crippen molar-refractivity contribution in [2.45, 2.75) is 19.4 Å². The van der Waals surface area contributed by atoms with Crippen LogP contribution in [0, 0.1) is 0 Å². The lowest BCUT2D eigenvalue weighted by molar-refractivity contribution is -0.136. The average Bonchev–Trinajstić information content (AvgIpc) is 3.27. The Labute approximate surface area is 164 Å². The SMILES string of the molecule is COc1ccc(CNC(=O)C(=O)Nc2ccc(N3CCCC3)cc2)cc1OC. The number of amides is 2. The predicted molar refractivity (Wildman–Crippen MR) is 108 cm³/mol. The van der Waals surface area contributed by atoms with E-state index in [1.807, 2.05) is 24.3 Å². The molecule has 2 aromatic rings. The van der Waals surface area contributed by atoms with Crippen molar-refractivity contribution >= 4 is 23.2 Å². The summed E-state index contributed by atoms with van der Waals surface area (Å²) in [6.07, 6.45) is 2.41. The summed E-state index contributed by atoms with van der Waals surface area (Å²) in [5, 5.41) is 5.23. The van der Waals surface area contributed by atoms with Crippen molar-refractivity contribution < 1.29 is 19.1 Å². The molecule has 0 atom stereocenters. The van der Waals surface area contributed by atoms with E-state index in [2.05, 4.69) is 15.5 Å². The minimum Gasteiger partial charge on any atom is -0.493 e. The van der Waals surface area contributed by atoms with E-state index in [9.17, 15) is 9.59 Å². The summed E-state index contributed by atoms with van der Waals surface area (Å²) in [4.78, 5) is 26.5. The number of hydrogen-bond donors (Lipinski definition) is 2. The van der Waals surface area contributed by atoms with Crippen molar-refractivity contribution in [3.05, 3.63) is 48.0 Å². The Morgan fingerprint density at radius 2 is 1.61 bits per heavy atom. The molecule has 2 N–H and O–H groups in total. The number of carbonyl (C=O) groups excluding carboxylic acids is 2. The number of benzene rings is 2. The Morgan fingerprint density at radius 3 is 2.25 bits per heavy atom. The second-order valence-corrected chi connectivity index (χ2v) is 6.57. The molecule has 1 fully saturated rings. The molecule has 1 aliphatic heterocycles. The molecule has 0 saturated carbocycles. The zero-order valence-corrected chi connectivity index (χ0v) is 16.2. The van der Waals surface area contributed by atoms with Gasteiger partial charge in [0.2, 0.25) is 0 Å². The molecule has 2 aromatic carbocycles. The van der Waals surface area contributed by atoms with E-state index in [0.717, 1.165) is 24.3 Å². The first-order chi connectivity index (χ1) is 13.6. The number of ether oxygens (including phenoxy) is 2. The van der Waals surface area contributed by atoms with E-state index in [4.69, 9.17) is 9.47 Å². The molecule has 7 heteroatoms. The van der Waals surface area contributed by atoms with Crippen LogP contribution in [0.15, 0.2) is 42.5 Å². The Bertz CT molecular complexity index is 830. The second-order valence-electron chi connectivity index (χ2n) is 6.57. The molecule has 7 nitrogen and oxygen atoms in total. The van der Waals surface area contributed by atoms with E-state index in [0.29, 0.717) is 17.2 Å². The van der Waals surface area contributed by atoms with E-state index < -0.39 is 11.8 Å². The summed E-state index contributed by atoms with van der Waals surface area (Å²) in [6, 6.07) is 12.9. The molecule has 0 unspecified atom stereocenters. The van der Waals surface area contributed by atoms with Gasteiger partial charge in [-0.1, -0.05) is 6.07 Å². The molecule has 0 radical (unpaired) electrons. The number of carbonyl (C=O) groups is 2. The van der Waals surface area contributed by atoms with Crippen LogP contribution >= 0.6 is 0 Å². The molecule has 1 saturated heterocycles. The lowest BCUT2D eigenvalue weighted by atomic mass is 10.2. The van der Waals surface area contributed by atoms with Crippen LogP contribution in [0.2, 0.25) is 0 Å². The molecule has 0 aromatic heterocycles. The van der Waals surface area contributed by atoms with Crippen LogP contribution < -0.4 is 25.0 Å². The third-order valence-electron chi connectivity index (χ3n) is 4.70. The fraction of sp³-hybridized carbons (Fsp3) is 0.333. The standard InChI is InChI=1S/C21H25N3O4/c1-27-18-10-5-15(13-19(18)28-2)14-22-20(25)21(26)23-16-6-8-17(9-7-16)24-11-3-4-12-24/h5-10,13H,3-4,11-12,14H2,1-2H3,(H,22,25)(H,23,26). The van der Waals surface area contributed by atoms with Crippen molar-refractivity contribution in [1.29, 1.82) is 0 Å². The monoisotopic (exact) mass is 383 g/mol. The summed E-state index contributed by atoms with van der Waals surface area (Å²) in [5.74, 6) is -0.225. The second kappa shape index (κ2) is 9.12. The van der Waals surface area contributed by atoms with E-state index >= 15 is 0 Å². The number of nitrogens with zero attached hydrogens (tertiary/aromatic N) is 1. The van der Waals surface area contributed by atoms with Crippen LogP contribution in [0.25, 0.3) is 0 Å². The number of rotatable bonds is 6. The average molecular weight is 383 g/mol. The largest absolute Gasteiger partial charge is 0.493 e.